The summed E-state index contributed by atoms with van der Waals surface area (Å²) in [5.41, 5.74) is 10.9. The van der Waals surface area contributed by atoms with E-state index in [2.05, 4.69) is 77.7 Å². The van der Waals surface area contributed by atoms with E-state index in [9.17, 15) is 0 Å². The van der Waals surface area contributed by atoms with Crippen molar-refractivity contribution >= 4 is 39.2 Å². The third kappa shape index (κ3) is 5.12. The number of oxazole rings is 1. The molecule has 220 valence electrons. The van der Waals surface area contributed by atoms with Crippen LogP contribution >= 0.6 is 0 Å². The van der Waals surface area contributed by atoms with E-state index in [0.29, 0.717) is 5.89 Å². The van der Waals surface area contributed by atoms with Crippen molar-refractivity contribution in [2.45, 2.75) is 0 Å². The van der Waals surface area contributed by atoms with E-state index in [1.165, 1.54) is 0 Å². The molecular formula is C40H28N4O2. The van der Waals surface area contributed by atoms with Gasteiger partial charge in [0.15, 0.2) is 5.58 Å². The molecule has 0 N–H and O–H groups in total. The Morgan fingerprint density at radius 3 is 1.61 bits per heavy atom. The Kier molecular flexibility index (Phi) is 6.92. The summed E-state index contributed by atoms with van der Waals surface area (Å²) in [6.07, 6.45) is 0. The first kappa shape index (κ1) is 27.3. The van der Waals surface area contributed by atoms with E-state index in [0.717, 1.165) is 73.0 Å². The fraction of sp³-hybridized carbons (Fsp3) is 0.0250. The number of anilines is 3. The molecule has 0 saturated carbocycles. The molecule has 2 aromatic heterocycles. The van der Waals surface area contributed by atoms with E-state index >= 15 is 0 Å². The van der Waals surface area contributed by atoms with E-state index in [1.807, 2.05) is 78.9 Å². The molecule has 6 heteroatoms. The lowest BCUT2D eigenvalue weighted by atomic mass is 10.0. The van der Waals surface area contributed by atoms with Crippen molar-refractivity contribution < 1.29 is 9.15 Å². The number of ether oxygens (including phenoxy) is 1. The first-order valence-corrected chi connectivity index (χ1v) is 15.1. The smallest absolute Gasteiger partial charge is 0.227 e. The maximum atomic E-state index is 6.06. The maximum absolute atomic E-state index is 6.06. The average Bonchev–Trinajstić information content (AvgIpc) is 3.56. The maximum Gasteiger partial charge on any atom is 0.227 e. The summed E-state index contributed by atoms with van der Waals surface area (Å²) in [7, 11) is 1.65. The molecular weight excluding hydrogens is 568 g/mol. The van der Waals surface area contributed by atoms with Crippen molar-refractivity contribution in [2.24, 2.45) is 0 Å². The second-order valence-electron chi connectivity index (χ2n) is 10.9. The Labute approximate surface area is 266 Å². The van der Waals surface area contributed by atoms with E-state index < -0.39 is 0 Å². The Morgan fingerprint density at radius 2 is 1.00 bits per heavy atom. The predicted molar refractivity (Wildman–Crippen MR) is 185 cm³/mol. The zero-order valence-corrected chi connectivity index (χ0v) is 25.0. The van der Waals surface area contributed by atoms with Crippen LogP contribution in [0, 0.1) is 0 Å². The number of aromatic nitrogens is 3. The van der Waals surface area contributed by atoms with Crippen LogP contribution in [0.15, 0.2) is 156 Å². The van der Waals surface area contributed by atoms with Gasteiger partial charge >= 0.3 is 0 Å². The first-order valence-electron chi connectivity index (χ1n) is 15.1. The van der Waals surface area contributed by atoms with Crippen molar-refractivity contribution in [3.63, 3.8) is 0 Å². The summed E-state index contributed by atoms with van der Waals surface area (Å²) >= 11 is 0. The third-order valence-corrected chi connectivity index (χ3v) is 8.00. The molecule has 2 heterocycles. The van der Waals surface area contributed by atoms with Gasteiger partial charge in [-0.25, -0.2) is 15.0 Å². The van der Waals surface area contributed by atoms with Crippen LogP contribution in [0.5, 0.6) is 5.75 Å². The summed E-state index contributed by atoms with van der Waals surface area (Å²) in [5, 5.41) is 0. The largest absolute Gasteiger partial charge is 0.497 e. The predicted octanol–water partition coefficient (Wildman–Crippen LogP) is 10.3. The van der Waals surface area contributed by atoms with Crippen LogP contribution in [0.2, 0.25) is 0 Å². The summed E-state index contributed by atoms with van der Waals surface area (Å²) in [6, 6.07) is 51.0. The van der Waals surface area contributed by atoms with Crippen LogP contribution in [-0.2, 0) is 0 Å². The van der Waals surface area contributed by atoms with Gasteiger partial charge in [-0.2, -0.15) is 0 Å². The van der Waals surface area contributed by atoms with Gasteiger partial charge in [-0.05, 0) is 72.8 Å². The molecule has 6 nitrogen and oxygen atoms in total. The van der Waals surface area contributed by atoms with Gasteiger partial charge in [0.25, 0.3) is 0 Å². The van der Waals surface area contributed by atoms with Crippen LogP contribution in [-0.4, -0.2) is 22.1 Å². The molecule has 0 radical (unpaired) electrons. The standard InChI is InChI=1S/C40H28N4O2/c1-45-33-24-25-37-36(26-33)43-40(46-37)29-18-22-32(23-19-29)44(30-12-6-3-7-13-30)31-20-16-28(17-21-31)39-38(27-10-4-2-5-11-27)41-34-14-8-9-15-35(34)42-39/h2-26H,1H3. The van der Waals surface area contributed by atoms with Crippen molar-refractivity contribution in [3.8, 4) is 39.7 Å². The van der Waals surface area contributed by atoms with Crippen LogP contribution in [0.3, 0.4) is 0 Å². The van der Waals surface area contributed by atoms with E-state index in [4.69, 9.17) is 24.1 Å². The number of nitrogens with zero attached hydrogens (tertiary/aromatic N) is 4. The number of hydrogen-bond donors (Lipinski definition) is 0. The van der Waals surface area contributed by atoms with Crippen molar-refractivity contribution in [1.29, 1.82) is 0 Å². The van der Waals surface area contributed by atoms with Crippen molar-refractivity contribution in [3.05, 3.63) is 152 Å². The molecule has 0 bridgehead atoms. The number of rotatable bonds is 7. The van der Waals surface area contributed by atoms with Crippen LogP contribution < -0.4 is 9.64 Å². The van der Waals surface area contributed by atoms with Crippen molar-refractivity contribution in [2.75, 3.05) is 12.0 Å². The number of benzene rings is 6. The fourth-order valence-electron chi connectivity index (χ4n) is 5.70. The topological polar surface area (TPSA) is 64.3 Å². The number of para-hydroxylation sites is 3. The van der Waals surface area contributed by atoms with Crippen LogP contribution in [0.4, 0.5) is 17.1 Å². The number of hydrogen-bond acceptors (Lipinski definition) is 6. The van der Waals surface area contributed by atoms with E-state index in [1.54, 1.807) is 7.11 Å². The summed E-state index contributed by atoms with van der Waals surface area (Å²) < 4.78 is 11.4. The highest BCUT2D eigenvalue weighted by Crippen LogP contribution is 2.38. The molecule has 0 unspecified atom stereocenters. The molecule has 46 heavy (non-hydrogen) atoms. The Morgan fingerprint density at radius 1 is 0.478 bits per heavy atom. The van der Waals surface area contributed by atoms with Gasteiger partial charge in [-0.1, -0.05) is 72.8 Å². The molecule has 0 saturated heterocycles. The lowest BCUT2D eigenvalue weighted by molar-refractivity contribution is 0.415. The monoisotopic (exact) mass is 596 g/mol. The normalized spacial score (nSPS) is 11.2. The zero-order valence-electron chi connectivity index (χ0n) is 25.0. The van der Waals surface area contributed by atoms with Crippen LogP contribution in [0.1, 0.15) is 0 Å². The summed E-state index contributed by atoms with van der Waals surface area (Å²) in [4.78, 5) is 17.0. The Bertz CT molecular complexity index is 2280. The molecule has 6 aromatic carbocycles. The molecule has 0 atom stereocenters. The quantitative estimate of drug-likeness (QED) is 0.182. The van der Waals surface area contributed by atoms with E-state index in [-0.39, 0.29) is 0 Å². The molecule has 8 rings (SSSR count). The Balaban J connectivity index is 1.17. The minimum Gasteiger partial charge on any atom is -0.497 e. The third-order valence-electron chi connectivity index (χ3n) is 8.00. The van der Waals surface area contributed by atoms with Gasteiger partial charge in [0.1, 0.15) is 11.3 Å². The molecule has 0 fully saturated rings. The van der Waals surface area contributed by atoms with Gasteiger partial charge in [-0.3, -0.25) is 0 Å². The lowest BCUT2D eigenvalue weighted by Crippen LogP contribution is -2.09. The minimum atomic E-state index is 0.566. The molecule has 8 aromatic rings. The Hall–Kier alpha value is -6.27. The SMILES string of the molecule is COc1ccc2oc(-c3ccc(N(c4ccccc4)c4ccc(-c5nc6ccccc6nc5-c5ccccc5)cc4)cc3)nc2c1. The highest BCUT2D eigenvalue weighted by Gasteiger charge is 2.17. The minimum absolute atomic E-state index is 0.566. The highest BCUT2D eigenvalue weighted by molar-refractivity contribution is 5.87. The molecule has 0 spiro atoms. The second-order valence-corrected chi connectivity index (χ2v) is 10.9. The van der Waals surface area contributed by atoms with Gasteiger partial charge in [0, 0.05) is 39.8 Å². The fourth-order valence-corrected chi connectivity index (χ4v) is 5.70. The lowest BCUT2D eigenvalue weighted by Gasteiger charge is -2.25. The zero-order chi connectivity index (χ0) is 30.9. The van der Waals surface area contributed by atoms with Crippen LogP contribution in [0.25, 0.3) is 56.1 Å². The van der Waals surface area contributed by atoms with Crippen molar-refractivity contribution in [1.82, 2.24) is 15.0 Å². The first-order chi connectivity index (χ1) is 22.7. The molecule has 0 amide bonds. The van der Waals surface area contributed by atoms with Gasteiger partial charge < -0.3 is 14.1 Å². The van der Waals surface area contributed by atoms with Gasteiger partial charge in [-0.15, -0.1) is 0 Å². The second kappa shape index (κ2) is 11.7. The summed E-state index contributed by atoms with van der Waals surface area (Å²) in [5.74, 6) is 1.31. The molecule has 0 aliphatic rings. The molecule has 0 aliphatic carbocycles. The number of methoxy groups -OCH3 is 1. The van der Waals surface area contributed by atoms with Gasteiger partial charge in [0.2, 0.25) is 5.89 Å². The van der Waals surface area contributed by atoms with Gasteiger partial charge in [0.05, 0.1) is 29.5 Å². The summed E-state index contributed by atoms with van der Waals surface area (Å²) in [6.45, 7) is 0. The average molecular weight is 597 g/mol. The highest BCUT2D eigenvalue weighted by atomic mass is 16.5. The number of fused-ring (bicyclic) bond motifs is 2. The molecule has 0 aliphatic heterocycles.